The van der Waals surface area contributed by atoms with Crippen LogP contribution in [0, 0.1) is 17.7 Å². The summed E-state index contributed by atoms with van der Waals surface area (Å²) >= 11 is 0. The summed E-state index contributed by atoms with van der Waals surface area (Å²) in [5, 5.41) is 2.58. The maximum absolute atomic E-state index is 13.5. The summed E-state index contributed by atoms with van der Waals surface area (Å²) in [7, 11) is 0. The molecule has 3 aliphatic rings. The van der Waals surface area contributed by atoms with Gasteiger partial charge >= 0.3 is 6.03 Å². The number of amides is 2. The van der Waals surface area contributed by atoms with Crippen molar-refractivity contribution in [2.24, 2.45) is 22.6 Å². The van der Waals surface area contributed by atoms with Crippen molar-refractivity contribution in [1.29, 1.82) is 0 Å². The quantitative estimate of drug-likeness (QED) is 0.807. The molecule has 0 unspecified atom stereocenters. The zero-order chi connectivity index (χ0) is 18.8. The average Bonchev–Trinajstić information content (AvgIpc) is 2.65. The summed E-state index contributed by atoms with van der Waals surface area (Å²) in [6, 6.07) is 11.3. The van der Waals surface area contributed by atoms with Crippen LogP contribution in [0.1, 0.15) is 42.4 Å². The number of benzene rings is 2. The van der Waals surface area contributed by atoms with Gasteiger partial charge in [0.05, 0.1) is 11.4 Å². The Morgan fingerprint density at radius 1 is 1.04 bits per heavy atom. The highest BCUT2D eigenvalue weighted by molar-refractivity contribution is 6.18. The van der Waals surface area contributed by atoms with Gasteiger partial charge in [0.15, 0.2) is 0 Å². The molecule has 2 fully saturated rings. The van der Waals surface area contributed by atoms with Gasteiger partial charge in [-0.3, -0.25) is 4.99 Å². The maximum atomic E-state index is 13.5. The lowest BCUT2D eigenvalue weighted by molar-refractivity contribution is 0.0548. The van der Waals surface area contributed by atoms with Gasteiger partial charge in [0.1, 0.15) is 5.82 Å². The first-order chi connectivity index (χ1) is 13.1. The molecule has 1 heterocycles. The second kappa shape index (κ2) is 7.51. The van der Waals surface area contributed by atoms with Crippen molar-refractivity contribution >= 4 is 17.4 Å². The van der Waals surface area contributed by atoms with E-state index in [9.17, 15) is 9.18 Å². The molecule has 0 saturated heterocycles. The highest BCUT2D eigenvalue weighted by Crippen LogP contribution is 2.49. The molecule has 2 aromatic rings. The minimum absolute atomic E-state index is 0.302. The first-order valence-corrected chi connectivity index (χ1v) is 9.61. The summed E-state index contributed by atoms with van der Waals surface area (Å²) in [6.45, 7) is 0.638. The lowest BCUT2D eigenvalue weighted by atomic mass is 9.60. The molecule has 0 bridgehead atoms. The van der Waals surface area contributed by atoms with Gasteiger partial charge in [-0.05, 0) is 67.7 Å². The number of rotatable bonds is 2. The number of carbonyl (C=O) groups excluding carboxylic acids is 1. The molecule has 0 radical (unpaired) electrons. The maximum Gasteiger partial charge on any atom is 0.316 e. The Morgan fingerprint density at radius 3 is 2.37 bits per heavy atom. The number of fused-ring (bicyclic) bond motifs is 2. The number of halogens is 1. The van der Waals surface area contributed by atoms with Crippen LogP contribution in [0.15, 0.2) is 47.5 Å². The normalized spacial score (nSPS) is 21.9. The van der Waals surface area contributed by atoms with Crippen molar-refractivity contribution in [1.82, 2.24) is 0 Å². The lowest BCUT2D eigenvalue weighted by Crippen LogP contribution is -2.34. The molecular formula is C22H24FN3O. The zero-order valence-electron chi connectivity index (χ0n) is 15.2. The standard InChI is InChI=1S/C16H14FN3O.C6H10/c17-11-6-5-10-7-8-19-15(13(10)9-11)12-3-1-2-4-14(12)20-16(18)21;1-2-6-4-3-5(1)6/h1-6,9H,7-8H2,(H3,18,20,21);5-6H,1-4H2. The molecule has 2 aliphatic carbocycles. The molecule has 140 valence electrons. The van der Waals surface area contributed by atoms with Crippen molar-refractivity contribution in [3.8, 4) is 0 Å². The van der Waals surface area contributed by atoms with Gasteiger partial charge in [-0.2, -0.15) is 0 Å². The summed E-state index contributed by atoms with van der Waals surface area (Å²) in [5.74, 6) is 2.12. The Kier molecular flexibility index (Phi) is 4.92. The fourth-order valence-corrected chi connectivity index (χ4v) is 4.09. The van der Waals surface area contributed by atoms with Crippen molar-refractivity contribution in [2.75, 3.05) is 11.9 Å². The Balaban J connectivity index is 0.000000250. The minimum Gasteiger partial charge on any atom is -0.351 e. The molecule has 1 aliphatic heterocycles. The van der Waals surface area contributed by atoms with Crippen LogP contribution in [0.25, 0.3) is 0 Å². The van der Waals surface area contributed by atoms with Gasteiger partial charge in [0.2, 0.25) is 0 Å². The van der Waals surface area contributed by atoms with Crippen LogP contribution in [-0.2, 0) is 6.42 Å². The molecule has 3 N–H and O–H groups in total. The van der Waals surface area contributed by atoms with Crippen molar-refractivity contribution < 1.29 is 9.18 Å². The first-order valence-electron chi connectivity index (χ1n) is 9.61. The van der Waals surface area contributed by atoms with Crippen LogP contribution in [0.5, 0.6) is 0 Å². The van der Waals surface area contributed by atoms with E-state index in [1.807, 2.05) is 12.1 Å². The highest BCUT2D eigenvalue weighted by atomic mass is 19.1. The third-order valence-corrected chi connectivity index (χ3v) is 5.90. The number of hydrogen-bond donors (Lipinski definition) is 2. The van der Waals surface area contributed by atoms with Crippen LogP contribution in [0.2, 0.25) is 0 Å². The number of nitrogens with one attached hydrogen (secondary N) is 1. The van der Waals surface area contributed by atoms with Crippen LogP contribution < -0.4 is 11.1 Å². The zero-order valence-corrected chi connectivity index (χ0v) is 15.2. The molecule has 5 heteroatoms. The van der Waals surface area contributed by atoms with E-state index in [-0.39, 0.29) is 5.82 Å². The smallest absolute Gasteiger partial charge is 0.316 e. The van der Waals surface area contributed by atoms with E-state index in [1.165, 1.54) is 24.0 Å². The third-order valence-electron chi connectivity index (χ3n) is 5.90. The number of primary amides is 1. The first kappa shape index (κ1) is 17.7. The number of aliphatic imine (C=N–C) groups is 1. The van der Waals surface area contributed by atoms with Crippen LogP contribution in [-0.4, -0.2) is 18.3 Å². The molecule has 2 aromatic carbocycles. The molecular weight excluding hydrogens is 341 g/mol. The van der Waals surface area contributed by atoms with E-state index in [0.29, 0.717) is 17.9 Å². The SMILES string of the molecule is C1CC2CCC12.NC(=O)Nc1ccccc1C1=NCCc2ccc(F)cc21. The molecule has 5 rings (SSSR count). The second-order valence-corrected chi connectivity index (χ2v) is 7.49. The predicted molar refractivity (Wildman–Crippen MR) is 106 cm³/mol. The Bertz CT molecular complexity index is 875. The lowest BCUT2D eigenvalue weighted by Gasteiger charge is -2.46. The van der Waals surface area contributed by atoms with Crippen molar-refractivity contribution in [2.45, 2.75) is 32.1 Å². The van der Waals surface area contributed by atoms with Crippen molar-refractivity contribution in [3.63, 3.8) is 0 Å². The van der Waals surface area contributed by atoms with Crippen LogP contribution >= 0.6 is 0 Å². The number of nitrogens with two attached hydrogens (primary N) is 1. The van der Waals surface area contributed by atoms with E-state index >= 15 is 0 Å². The van der Waals surface area contributed by atoms with Crippen molar-refractivity contribution in [3.05, 3.63) is 65.0 Å². The number of nitrogens with zero attached hydrogens (tertiary/aromatic N) is 1. The topological polar surface area (TPSA) is 67.5 Å². The summed E-state index contributed by atoms with van der Waals surface area (Å²) in [6.07, 6.45) is 7.02. The number of para-hydroxylation sites is 1. The van der Waals surface area contributed by atoms with Gasteiger partial charge in [-0.1, -0.05) is 24.3 Å². The molecule has 2 amide bonds. The number of anilines is 1. The van der Waals surface area contributed by atoms with Gasteiger partial charge in [-0.15, -0.1) is 0 Å². The molecule has 0 spiro atoms. The van der Waals surface area contributed by atoms with Gasteiger partial charge in [-0.25, -0.2) is 9.18 Å². The fourth-order valence-electron chi connectivity index (χ4n) is 4.09. The molecule has 0 aromatic heterocycles. The predicted octanol–water partition coefficient (Wildman–Crippen LogP) is 4.52. The van der Waals surface area contributed by atoms with Gasteiger partial charge in [0.25, 0.3) is 0 Å². The van der Waals surface area contributed by atoms with E-state index in [0.717, 1.165) is 23.1 Å². The van der Waals surface area contributed by atoms with E-state index in [2.05, 4.69) is 10.3 Å². The fraction of sp³-hybridized carbons (Fsp3) is 0.364. The van der Waals surface area contributed by atoms with Gasteiger partial charge in [0, 0.05) is 17.7 Å². The number of hydrogen-bond acceptors (Lipinski definition) is 2. The molecule has 27 heavy (non-hydrogen) atoms. The second-order valence-electron chi connectivity index (χ2n) is 7.49. The summed E-state index contributed by atoms with van der Waals surface area (Å²) < 4.78 is 13.5. The van der Waals surface area contributed by atoms with Gasteiger partial charge < -0.3 is 11.1 Å². The largest absolute Gasteiger partial charge is 0.351 e. The average molecular weight is 365 g/mol. The Labute approximate surface area is 158 Å². The summed E-state index contributed by atoms with van der Waals surface area (Å²) in [5.41, 5.74) is 9.00. The van der Waals surface area contributed by atoms with E-state index < -0.39 is 6.03 Å². The van der Waals surface area contributed by atoms with E-state index in [1.54, 1.807) is 43.9 Å². The number of carbonyl (C=O) groups is 1. The molecule has 4 nitrogen and oxygen atoms in total. The summed E-state index contributed by atoms with van der Waals surface area (Å²) in [4.78, 5) is 15.6. The Hall–Kier alpha value is -2.69. The molecule has 0 atom stereocenters. The van der Waals surface area contributed by atoms with Crippen LogP contribution in [0.4, 0.5) is 14.9 Å². The monoisotopic (exact) mass is 365 g/mol. The minimum atomic E-state index is -0.640. The van der Waals surface area contributed by atoms with E-state index in [4.69, 9.17) is 5.73 Å². The Morgan fingerprint density at radius 2 is 1.74 bits per heavy atom. The molecule has 2 saturated carbocycles. The highest BCUT2D eigenvalue weighted by Gasteiger charge is 2.37. The number of urea groups is 1. The van der Waals surface area contributed by atoms with Crippen LogP contribution in [0.3, 0.4) is 0 Å². The third kappa shape index (κ3) is 3.72.